The molecular weight excluding hydrogens is 284 g/mol. The highest BCUT2D eigenvalue weighted by molar-refractivity contribution is 7.03. The van der Waals surface area contributed by atoms with E-state index in [1.165, 1.54) is 8.52 Å². The van der Waals surface area contributed by atoms with Crippen LogP contribution in [0.5, 0.6) is 0 Å². The Balaban J connectivity index is 2.48. The minimum absolute atomic E-state index is 0.306. The third kappa shape index (κ3) is 1.82. The van der Waals surface area contributed by atoms with E-state index in [-0.39, 0.29) is 10.6 Å². The number of halogens is 1. The molecule has 0 radical (unpaired) electrons. The van der Waals surface area contributed by atoms with Crippen LogP contribution in [-0.4, -0.2) is 8.52 Å². The van der Waals surface area contributed by atoms with Gasteiger partial charge in [-0.2, -0.15) is 0 Å². The first-order valence-electron chi connectivity index (χ1n) is 5.56. The molecule has 0 aliphatic rings. The second-order valence-electron chi connectivity index (χ2n) is 4.08. The third-order valence-corrected chi connectivity index (χ3v) is 4.05. The Kier molecular flexibility index (Phi) is 2.80. The van der Waals surface area contributed by atoms with Crippen molar-refractivity contribution in [2.24, 2.45) is 7.05 Å². The van der Waals surface area contributed by atoms with Crippen LogP contribution in [0.2, 0.25) is 5.02 Å². The molecule has 0 bridgehead atoms. The summed E-state index contributed by atoms with van der Waals surface area (Å²) in [6, 6.07) is 10.8. The average molecular weight is 293 g/mol. The quantitative estimate of drug-likeness (QED) is 0.691. The van der Waals surface area contributed by atoms with E-state index in [4.69, 9.17) is 11.6 Å². The predicted octanol–water partition coefficient (Wildman–Crippen LogP) is 2.40. The normalized spacial score (nSPS) is 11.1. The molecule has 1 heterocycles. The summed E-state index contributed by atoms with van der Waals surface area (Å²) >= 11 is 7.02. The molecule has 0 aliphatic carbocycles. The molecule has 0 saturated carbocycles. The van der Waals surface area contributed by atoms with Crippen LogP contribution in [0.3, 0.4) is 0 Å². The van der Waals surface area contributed by atoms with Crippen LogP contribution in [0.25, 0.3) is 16.5 Å². The summed E-state index contributed by atoms with van der Waals surface area (Å²) in [6.07, 6.45) is 0. The lowest BCUT2D eigenvalue weighted by molar-refractivity contribution is 0.854. The van der Waals surface area contributed by atoms with Crippen molar-refractivity contribution in [3.63, 3.8) is 0 Å². The standard InChI is InChI=1S/C13H9ClN2O2S/c1-15-12(17)16(13(18)19-15)11-7-6-10(14)8-4-2-3-5-9(8)11/h2-7H,1H3. The van der Waals surface area contributed by atoms with Gasteiger partial charge < -0.3 is 0 Å². The fourth-order valence-corrected chi connectivity index (χ4v) is 2.94. The molecule has 0 amide bonds. The highest BCUT2D eigenvalue weighted by atomic mass is 35.5. The van der Waals surface area contributed by atoms with Gasteiger partial charge in [-0.25, -0.2) is 13.3 Å². The molecule has 4 nitrogen and oxygen atoms in total. The smallest absolute Gasteiger partial charge is 0.255 e. The van der Waals surface area contributed by atoms with Crippen molar-refractivity contribution >= 4 is 33.9 Å². The Bertz CT molecular complexity index is 892. The molecule has 3 aromatic rings. The Morgan fingerprint density at radius 2 is 1.74 bits per heavy atom. The van der Waals surface area contributed by atoms with E-state index in [2.05, 4.69) is 0 Å². The van der Waals surface area contributed by atoms with E-state index in [1.807, 2.05) is 24.3 Å². The predicted molar refractivity (Wildman–Crippen MR) is 77.7 cm³/mol. The van der Waals surface area contributed by atoms with Gasteiger partial charge in [0, 0.05) is 34.4 Å². The van der Waals surface area contributed by atoms with Crippen molar-refractivity contribution in [1.82, 2.24) is 8.52 Å². The van der Waals surface area contributed by atoms with Gasteiger partial charge in [0.25, 0.3) is 0 Å². The molecule has 6 heteroatoms. The van der Waals surface area contributed by atoms with Gasteiger partial charge in [0.05, 0.1) is 5.69 Å². The first-order chi connectivity index (χ1) is 9.09. The number of hydrogen-bond donors (Lipinski definition) is 0. The Morgan fingerprint density at radius 3 is 2.37 bits per heavy atom. The van der Waals surface area contributed by atoms with E-state index in [0.717, 1.165) is 22.3 Å². The molecule has 0 fully saturated rings. The van der Waals surface area contributed by atoms with Crippen LogP contribution < -0.4 is 10.6 Å². The number of hydrogen-bond acceptors (Lipinski definition) is 3. The Labute approximate surface area is 117 Å². The van der Waals surface area contributed by atoms with Crippen molar-refractivity contribution in [1.29, 1.82) is 0 Å². The first kappa shape index (κ1) is 12.2. The van der Waals surface area contributed by atoms with Gasteiger partial charge >= 0.3 is 10.6 Å². The van der Waals surface area contributed by atoms with E-state index in [0.29, 0.717) is 10.7 Å². The molecule has 0 N–H and O–H groups in total. The second-order valence-corrected chi connectivity index (χ2v) is 5.57. The minimum atomic E-state index is -0.345. The van der Waals surface area contributed by atoms with Crippen molar-refractivity contribution in [3.05, 3.63) is 61.6 Å². The van der Waals surface area contributed by atoms with Gasteiger partial charge in [-0.3, -0.25) is 4.79 Å². The second kappa shape index (κ2) is 4.36. The minimum Gasteiger partial charge on any atom is -0.255 e. The van der Waals surface area contributed by atoms with Crippen molar-refractivity contribution < 1.29 is 0 Å². The maximum Gasteiger partial charge on any atom is 0.345 e. The lowest BCUT2D eigenvalue weighted by Gasteiger charge is -2.06. The molecular formula is C13H9ClN2O2S. The zero-order chi connectivity index (χ0) is 13.6. The fourth-order valence-electron chi connectivity index (χ4n) is 2.06. The summed E-state index contributed by atoms with van der Waals surface area (Å²) < 4.78 is 2.48. The van der Waals surface area contributed by atoms with Gasteiger partial charge in [0.1, 0.15) is 0 Å². The van der Waals surface area contributed by atoms with E-state index < -0.39 is 0 Å². The number of benzene rings is 2. The van der Waals surface area contributed by atoms with Crippen molar-refractivity contribution in [2.45, 2.75) is 0 Å². The van der Waals surface area contributed by atoms with Crippen LogP contribution in [0.4, 0.5) is 0 Å². The zero-order valence-corrected chi connectivity index (χ0v) is 11.5. The Hall–Kier alpha value is -1.85. The third-order valence-electron chi connectivity index (χ3n) is 2.95. The highest BCUT2D eigenvalue weighted by Gasteiger charge is 2.13. The van der Waals surface area contributed by atoms with Crippen molar-refractivity contribution in [3.8, 4) is 5.69 Å². The van der Waals surface area contributed by atoms with Gasteiger partial charge in [0.15, 0.2) is 0 Å². The molecule has 0 spiro atoms. The summed E-state index contributed by atoms with van der Waals surface area (Å²) in [5, 5.41) is 2.20. The number of aryl methyl sites for hydroxylation is 1. The Morgan fingerprint density at radius 1 is 1.05 bits per heavy atom. The van der Waals surface area contributed by atoms with Crippen LogP contribution in [0.15, 0.2) is 46.0 Å². The number of aromatic nitrogens is 2. The summed E-state index contributed by atoms with van der Waals surface area (Å²) in [4.78, 5) is 23.6. The number of rotatable bonds is 1. The maximum atomic E-state index is 12.0. The monoisotopic (exact) mass is 292 g/mol. The van der Waals surface area contributed by atoms with Gasteiger partial charge in [0.2, 0.25) is 0 Å². The van der Waals surface area contributed by atoms with E-state index >= 15 is 0 Å². The molecule has 0 unspecified atom stereocenters. The SMILES string of the molecule is Cn1sc(=O)n(-c2ccc(Cl)c3ccccc23)c1=O. The number of nitrogens with zero attached hydrogens (tertiary/aromatic N) is 2. The largest absolute Gasteiger partial charge is 0.345 e. The van der Waals surface area contributed by atoms with E-state index in [1.54, 1.807) is 19.2 Å². The molecule has 1 aromatic heterocycles. The summed E-state index contributed by atoms with van der Waals surface area (Å²) in [6.45, 7) is 0. The van der Waals surface area contributed by atoms with Crippen LogP contribution in [0, 0.1) is 0 Å². The van der Waals surface area contributed by atoms with Crippen LogP contribution >= 0.6 is 23.1 Å². The van der Waals surface area contributed by atoms with Crippen molar-refractivity contribution in [2.75, 3.05) is 0 Å². The lowest BCUT2D eigenvalue weighted by atomic mass is 10.1. The lowest BCUT2D eigenvalue weighted by Crippen LogP contribution is -2.26. The maximum absolute atomic E-state index is 12.0. The number of fused-ring (bicyclic) bond motifs is 1. The summed E-state index contributed by atoms with van der Waals surface area (Å²) in [5.41, 5.74) is 0.217. The van der Waals surface area contributed by atoms with Gasteiger partial charge in [-0.1, -0.05) is 35.9 Å². The molecule has 2 aromatic carbocycles. The molecule has 0 saturated heterocycles. The average Bonchev–Trinajstić information content (AvgIpc) is 2.65. The molecule has 0 aliphatic heterocycles. The van der Waals surface area contributed by atoms with Gasteiger partial charge in [-0.05, 0) is 12.1 Å². The molecule has 0 atom stereocenters. The summed E-state index contributed by atoms with van der Waals surface area (Å²) in [5.74, 6) is 0. The highest BCUT2D eigenvalue weighted by Crippen LogP contribution is 2.27. The fraction of sp³-hybridized carbons (Fsp3) is 0.0769. The van der Waals surface area contributed by atoms with Crippen LogP contribution in [-0.2, 0) is 7.05 Å². The molecule has 19 heavy (non-hydrogen) atoms. The topological polar surface area (TPSA) is 44.0 Å². The molecule has 3 rings (SSSR count). The molecule has 96 valence electrons. The zero-order valence-electron chi connectivity index (χ0n) is 9.96. The van der Waals surface area contributed by atoms with E-state index in [9.17, 15) is 9.59 Å². The summed E-state index contributed by atoms with van der Waals surface area (Å²) in [7, 11) is 1.57. The van der Waals surface area contributed by atoms with Crippen LogP contribution in [0.1, 0.15) is 0 Å². The first-order valence-corrected chi connectivity index (χ1v) is 6.71. The van der Waals surface area contributed by atoms with Gasteiger partial charge in [-0.15, -0.1) is 0 Å².